The molecule has 6 rings (SSSR count). The number of rotatable bonds is 3. The van der Waals surface area contributed by atoms with Gasteiger partial charge in [-0.1, -0.05) is 0 Å². The first-order valence-electron chi connectivity index (χ1n) is 10.6. The van der Waals surface area contributed by atoms with Crippen LogP contribution in [0.3, 0.4) is 0 Å². The van der Waals surface area contributed by atoms with E-state index in [-0.39, 0.29) is 39.5 Å². The quantitative estimate of drug-likeness (QED) is 0.722. The fourth-order valence-electron chi connectivity index (χ4n) is 5.95. The number of nitriles is 1. The number of fused-ring (bicyclic) bond motifs is 6. The second-order valence-electron chi connectivity index (χ2n) is 9.58. The Bertz CT molecular complexity index is 689. The topological polar surface area (TPSA) is 119 Å². The first-order chi connectivity index (χ1) is 13.7. The molecule has 6 saturated carbocycles. The maximum absolute atomic E-state index is 11.7. The molecule has 0 aromatic carbocycles. The third-order valence-electron chi connectivity index (χ3n) is 8.49. The average Bonchev–Trinajstić information content (AvgIpc) is 2.80. The number of methoxy groups -OCH3 is 2. The van der Waals surface area contributed by atoms with Crippen molar-refractivity contribution in [2.75, 3.05) is 14.2 Å². The van der Waals surface area contributed by atoms with E-state index in [9.17, 15) is 14.4 Å². The van der Waals surface area contributed by atoms with Crippen LogP contribution in [0.5, 0.6) is 0 Å². The number of hydrogen-bond donors (Lipinski definition) is 1. The average molecular weight is 405 g/mol. The maximum Gasteiger partial charge on any atom is 0.311 e. The van der Waals surface area contributed by atoms with Crippen molar-refractivity contribution >= 4 is 17.8 Å². The first-order valence-corrected chi connectivity index (χ1v) is 10.6. The molecular formula is C22H32N2O5. The van der Waals surface area contributed by atoms with Crippen molar-refractivity contribution in [3.63, 3.8) is 0 Å². The minimum atomic E-state index is -0.324. The highest BCUT2D eigenvalue weighted by Crippen LogP contribution is 2.58. The van der Waals surface area contributed by atoms with Crippen molar-refractivity contribution in [2.45, 2.75) is 77.0 Å². The Kier molecular flexibility index (Phi) is 5.68. The molecule has 4 bridgehead atoms. The molecule has 6 fully saturated rings. The number of ether oxygens (including phenoxy) is 2. The monoisotopic (exact) mass is 404 g/mol. The van der Waals surface area contributed by atoms with Gasteiger partial charge in [0.1, 0.15) is 0 Å². The SMILES string of the molecule is COC(=O)C12CCC(C#N)(CC1)CC2.COC(=O)C12CCC(C(N)=O)(CC1)CC2. The molecule has 7 heteroatoms. The minimum absolute atomic E-state index is 0.0660. The zero-order valence-electron chi connectivity index (χ0n) is 17.6. The van der Waals surface area contributed by atoms with E-state index in [2.05, 4.69) is 6.07 Å². The van der Waals surface area contributed by atoms with Crippen LogP contribution in [0.15, 0.2) is 0 Å². The van der Waals surface area contributed by atoms with Gasteiger partial charge >= 0.3 is 11.9 Å². The van der Waals surface area contributed by atoms with Gasteiger partial charge in [-0.2, -0.15) is 5.26 Å². The molecule has 160 valence electrons. The van der Waals surface area contributed by atoms with Crippen molar-refractivity contribution < 1.29 is 23.9 Å². The normalized spacial score (nSPS) is 39.5. The summed E-state index contributed by atoms with van der Waals surface area (Å²) >= 11 is 0. The smallest absolute Gasteiger partial charge is 0.311 e. The number of carbonyl (C=O) groups excluding carboxylic acids is 3. The molecule has 0 aliphatic heterocycles. The van der Waals surface area contributed by atoms with Crippen molar-refractivity contribution in [3.05, 3.63) is 0 Å². The largest absolute Gasteiger partial charge is 0.469 e. The van der Waals surface area contributed by atoms with E-state index in [1.54, 1.807) is 0 Å². The molecule has 0 radical (unpaired) electrons. The molecule has 29 heavy (non-hydrogen) atoms. The number of amides is 1. The van der Waals surface area contributed by atoms with Gasteiger partial charge in [0, 0.05) is 5.41 Å². The number of primary amides is 1. The minimum Gasteiger partial charge on any atom is -0.469 e. The van der Waals surface area contributed by atoms with E-state index >= 15 is 0 Å². The molecule has 6 aliphatic rings. The number of carbonyl (C=O) groups is 3. The van der Waals surface area contributed by atoms with Gasteiger partial charge in [-0.15, -0.1) is 0 Å². The summed E-state index contributed by atoms with van der Waals surface area (Å²) in [6.07, 6.45) is 9.64. The summed E-state index contributed by atoms with van der Waals surface area (Å²) in [5, 5.41) is 9.08. The second kappa shape index (κ2) is 7.62. The van der Waals surface area contributed by atoms with Crippen LogP contribution in [0, 0.1) is 33.0 Å². The highest BCUT2D eigenvalue weighted by Gasteiger charge is 2.55. The van der Waals surface area contributed by atoms with Crippen LogP contribution < -0.4 is 5.73 Å². The van der Waals surface area contributed by atoms with Gasteiger partial charge in [-0.25, -0.2) is 0 Å². The Hall–Kier alpha value is -2.10. The molecule has 0 aromatic rings. The summed E-state index contributed by atoms with van der Waals surface area (Å²) < 4.78 is 9.70. The molecule has 2 N–H and O–H groups in total. The summed E-state index contributed by atoms with van der Waals surface area (Å²) in [5.74, 6) is -0.371. The van der Waals surface area contributed by atoms with Gasteiger partial charge in [0.25, 0.3) is 0 Å². The van der Waals surface area contributed by atoms with Gasteiger partial charge < -0.3 is 15.2 Å². The van der Waals surface area contributed by atoms with Gasteiger partial charge in [-0.05, 0) is 77.0 Å². The van der Waals surface area contributed by atoms with Gasteiger partial charge in [0.15, 0.2) is 0 Å². The van der Waals surface area contributed by atoms with Gasteiger partial charge in [-0.3, -0.25) is 14.4 Å². The summed E-state index contributed by atoms with van der Waals surface area (Å²) in [6, 6.07) is 2.43. The summed E-state index contributed by atoms with van der Waals surface area (Å²) in [4.78, 5) is 34.7. The fraction of sp³-hybridized carbons (Fsp3) is 0.818. The van der Waals surface area contributed by atoms with Crippen LogP contribution in [0.4, 0.5) is 0 Å². The van der Waals surface area contributed by atoms with E-state index in [1.165, 1.54) is 14.2 Å². The number of esters is 2. The van der Waals surface area contributed by atoms with Crippen LogP contribution >= 0.6 is 0 Å². The summed E-state index contributed by atoms with van der Waals surface area (Å²) in [6.45, 7) is 0. The van der Waals surface area contributed by atoms with Crippen LogP contribution in [0.25, 0.3) is 0 Å². The first kappa shape index (κ1) is 21.6. The lowest BCUT2D eigenvalue weighted by Crippen LogP contribution is -2.51. The Morgan fingerprint density at radius 3 is 1.28 bits per heavy atom. The predicted octanol–water partition coefficient (Wildman–Crippen LogP) is 3.01. The number of hydrogen-bond acceptors (Lipinski definition) is 6. The molecular weight excluding hydrogens is 372 g/mol. The molecule has 0 heterocycles. The van der Waals surface area contributed by atoms with E-state index < -0.39 is 0 Å². The molecule has 1 amide bonds. The highest BCUT2D eigenvalue weighted by molar-refractivity contribution is 5.83. The fourth-order valence-corrected chi connectivity index (χ4v) is 5.95. The summed E-state index contributed by atoms with van der Waals surface area (Å²) in [7, 11) is 2.89. The van der Waals surface area contributed by atoms with E-state index in [1.807, 2.05) is 0 Å². The Balaban J connectivity index is 0.000000166. The van der Waals surface area contributed by atoms with Gasteiger partial charge in [0.05, 0.1) is 36.5 Å². The number of nitrogens with zero attached hydrogens (tertiary/aromatic N) is 1. The summed E-state index contributed by atoms with van der Waals surface area (Å²) in [5.41, 5.74) is 4.44. The zero-order valence-corrected chi connectivity index (χ0v) is 17.6. The third kappa shape index (κ3) is 3.51. The van der Waals surface area contributed by atoms with Crippen LogP contribution in [0.2, 0.25) is 0 Å². The lowest BCUT2D eigenvalue weighted by Gasteiger charge is -2.50. The second-order valence-corrected chi connectivity index (χ2v) is 9.58. The van der Waals surface area contributed by atoms with Crippen molar-refractivity contribution in [1.82, 2.24) is 0 Å². The third-order valence-corrected chi connectivity index (χ3v) is 8.49. The molecule has 0 spiro atoms. The van der Waals surface area contributed by atoms with Crippen LogP contribution in [-0.2, 0) is 23.9 Å². The van der Waals surface area contributed by atoms with E-state index in [0.29, 0.717) is 0 Å². The molecule has 0 atom stereocenters. The van der Waals surface area contributed by atoms with Crippen molar-refractivity contribution in [2.24, 2.45) is 27.4 Å². The molecule has 0 aromatic heterocycles. The lowest BCUT2D eigenvalue weighted by atomic mass is 9.53. The van der Waals surface area contributed by atoms with Gasteiger partial charge in [0.2, 0.25) is 5.91 Å². The zero-order chi connectivity index (χ0) is 21.3. The van der Waals surface area contributed by atoms with Crippen molar-refractivity contribution in [1.29, 1.82) is 5.26 Å². The number of nitrogens with two attached hydrogens (primary N) is 1. The lowest BCUT2D eigenvalue weighted by molar-refractivity contribution is -0.165. The molecule has 0 saturated heterocycles. The van der Waals surface area contributed by atoms with E-state index in [0.717, 1.165) is 77.0 Å². The highest BCUT2D eigenvalue weighted by atomic mass is 16.5. The standard InChI is InChI=1S/C11H17NO3.C11H15NO2/c1-15-9(14)11-5-2-10(3-6-11,4-7-11)8(12)13;1-14-9(13)11-5-2-10(8-12,3-6-11)4-7-11/h2-7H2,1H3,(H2,12,13);2-7H2,1H3. The van der Waals surface area contributed by atoms with Crippen molar-refractivity contribution in [3.8, 4) is 6.07 Å². The van der Waals surface area contributed by atoms with Crippen LogP contribution in [-0.4, -0.2) is 32.1 Å². The Morgan fingerprint density at radius 2 is 1.00 bits per heavy atom. The Labute approximate surface area is 172 Å². The maximum atomic E-state index is 11.7. The van der Waals surface area contributed by atoms with E-state index in [4.69, 9.17) is 20.5 Å². The van der Waals surface area contributed by atoms with Crippen LogP contribution in [0.1, 0.15) is 77.0 Å². The predicted molar refractivity (Wildman–Crippen MR) is 104 cm³/mol. The molecule has 0 unspecified atom stereocenters. The Morgan fingerprint density at radius 1 is 0.690 bits per heavy atom. The molecule has 7 nitrogen and oxygen atoms in total. The molecule has 6 aliphatic carbocycles.